The van der Waals surface area contributed by atoms with Gasteiger partial charge < -0.3 is 9.64 Å². The van der Waals surface area contributed by atoms with Gasteiger partial charge in [-0.05, 0) is 48.3 Å². The standard InChI is InChI=1S/C14H16BrN3O2/c1-13(2,3)20-12(19)18-8-14(7-16,9-18)10-4-5-17-6-11(10)15/h4-6H,8-9H2,1-3H3. The molecule has 1 fully saturated rings. The van der Waals surface area contributed by atoms with Crippen molar-refractivity contribution in [3.05, 3.63) is 28.5 Å². The molecule has 1 aromatic heterocycles. The van der Waals surface area contributed by atoms with Crippen LogP contribution in [0.15, 0.2) is 22.9 Å². The molecular formula is C14H16BrN3O2. The summed E-state index contributed by atoms with van der Waals surface area (Å²) in [4.78, 5) is 17.5. The van der Waals surface area contributed by atoms with Gasteiger partial charge in [0.1, 0.15) is 11.0 Å². The van der Waals surface area contributed by atoms with Crippen LogP contribution in [0.3, 0.4) is 0 Å². The zero-order valence-corrected chi connectivity index (χ0v) is 13.3. The maximum atomic E-state index is 11.9. The van der Waals surface area contributed by atoms with Crippen LogP contribution in [0.2, 0.25) is 0 Å². The summed E-state index contributed by atoms with van der Waals surface area (Å²) in [6, 6.07) is 4.12. The van der Waals surface area contributed by atoms with Gasteiger partial charge in [0.25, 0.3) is 0 Å². The van der Waals surface area contributed by atoms with Gasteiger partial charge in [0.15, 0.2) is 0 Å². The second-order valence-corrected chi connectivity index (χ2v) is 6.74. The Morgan fingerprint density at radius 1 is 1.55 bits per heavy atom. The van der Waals surface area contributed by atoms with Crippen LogP contribution in [0.1, 0.15) is 26.3 Å². The van der Waals surface area contributed by atoms with Crippen LogP contribution < -0.4 is 0 Å². The number of amides is 1. The highest BCUT2D eigenvalue weighted by atomic mass is 79.9. The summed E-state index contributed by atoms with van der Waals surface area (Å²) in [6.45, 7) is 6.13. The van der Waals surface area contributed by atoms with E-state index in [1.807, 2.05) is 20.8 Å². The van der Waals surface area contributed by atoms with Gasteiger partial charge in [0.2, 0.25) is 0 Å². The summed E-state index contributed by atoms with van der Waals surface area (Å²) in [7, 11) is 0. The minimum absolute atomic E-state index is 0.334. The third-order valence-electron chi connectivity index (χ3n) is 3.08. The monoisotopic (exact) mass is 337 g/mol. The lowest BCUT2D eigenvalue weighted by atomic mass is 9.75. The van der Waals surface area contributed by atoms with Gasteiger partial charge in [0.05, 0.1) is 6.07 Å². The number of rotatable bonds is 1. The summed E-state index contributed by atoms with van der Waals surface area (Å²) in [5.74, 6) is 0. The first kappa shape index (κ1) is 14.8. The number of carbonyl (C=O) groups excluding carboxylic acids is 1. The first-order valence-electron chi connectivity index (χ1n) is 6.27. The minimum atomic E-state index is -0.682. The van der Waals surface area contributed by atoms with Crippen molar-refractivity contribution in [1.82, 2.24) is 9.88 Å². The number of hydrogen-bond donors (Lipinski definition) is 0. The predicted octanol–water partition coefficient (Wildman–Crippen LogP) is 2.86. The van der Waals surface area contributed by atoms with Gasteiger partial charge >= 0.3 is 6.09 Å². The number of aromatic nitrogens is 1. The largest absolute Gasteiger partial charge is 0.444 e. The molecule has 1 saturated heterocycles. The Hall–Kier alpha value is -1.61. The van der Waals surface area contributed by atoms with Crippen molar-refractivity contribution in [2.45, 2.75) is 31.8 Å². The van der Waals surface area contributed by atoms with Gasteiger partial charge in [-0.1, -0.05) is 0 Å². The second-order valence-electron chi connectivity index (χ2n) is 5.89. The highest BCUT2D eigenvalue weighted by Gasteiger charge is 2.49. The molecule has 0 spiro atoms. The maximum Gasteiger partial charge on any atom is 0.410 e. The Kier molecular flexibility index (Phi) is 3.74. The SMILES string of the molecule is CC(C)(C)OC(=O)N1CC(C#N)(c2ccncc2Br)C1. The molecule has 0 radical (unpaired) electrons. The topological polar surface area (TPSA) is 66.2 Å². The Morgan fingerprint density at radius 3 is 2.70 bits per heavy atom. The van der Waals surface area contributed by atoms with Crippen LogP contribution in [-0.2, 0) is 10.2 Å². The number of likely N-dealkylation sites (tertiary alicyclic amines) is 1. The van der Waals surface area contributed by atoms with Crippen molar-refractivity contribution in [2.24, 2.45) is 0 Å². The highest BCUT2D eigenvalue weighted by molar-refractivity contribution is 9.10. The molecule has 0 unspecified atom stereocenters. The number of ether oxygens (including phenoxy) is 1. The summed E-state index contributed by atoms with van der Waals surface area (Å²) in [5.41, 5.74) is -0.354. The van der Waals surface area contributed by atoms with E-state index >= 15 is 0 Å². The third-order valence-corrected chi connectivity index (χ3v) is 3.71. The van der Waals surface area contributed by atoms with Crippen molar-refractivity contribution < 1.29 is 9.53 Å². The quantitative estimate of drug-likeness (QED) is 0.790. The Balaban J connectivity index is 2.12. The molecule has 1 aromatic rings. The van der Waals surface area contributed by atoms with Crippen LogP contribution in [-0.4, -0.2) is 34.7 Å². The lowest BCUT2D eigenvalue weighted by molar-refractivity contribution is -0.000554. The maximum absolute atomic E-state index is 11.9. The first-order chi connectivity index (χ1) is 9.27. The number of nitrogens with zero attached hydrogens (tertiary/aromatic N) is 3. The third kappa shape index (κ3) is 2.78. The fourth-order valence-corrected chi connectivity index (χ4v) is 2.76. The molecule has 0 bridgehead atoms. The summed E-state index contributed by atoms with van der Waals surface area (Å²) < 4.78 is 6.08. The number of pyridine rings is 1. The van der Waals surface area contributed by atoms with E-state index in [9.17, 15) is 10.1 Å². The second kappa shape index (κ2) is 5.06. The molecule has 5 nitrogen and oxygen atoms in total. The molecular weight excluding hydrogens is 322 g/mol. The van der Waals surface area contributed by atoms with Crippen LogP contribution in [0.5, 0.6) is 0 Å². The van der Waals surface area contributed by atoms with E-state index in [2.05, 4.69) is 27.0 Å². The van der Waals surface area contributed by atoms with Crippen LogP contribution in [0.25, 0.3) is 0 Å². The van der Waals surface area contributed by atoms with E-state index < -0.39 is 11.0 Å². The molecule has 2 rings (SSSR count). The molecule has 0 aromatic carbocycles. The number of halogens is 1. The van der Waals surface area contributed by atoms with Crippen LogP contribution in [0.4, 0.5) is 4.79 Å². The molecule has 20 heavy (non-hydrogen) atoms. The summed E-state index contributed by atoms with van der Waals surface area (Å²) in [6.07, 6.45) is 2.92. The average Bonchev–Trinajstić information content (AvgIpc) is 2.28. The first-order valence-corrected chi connectivity index (χ1v) is 7.06. The normalized spacial score (nSPS) is 17.1. The lowest BCUT2D eigenvalue weighted by Crippen LogP contribution is -2.61. The van der Waals surface area contributed by atoms with Crippen LogP contribution >= 0.6 is 15.9 Å². The average molecular weight is 338 g/mol. The van der Waals surface area contributed by atoms with Gasteiger partial charge in [0, 0.05) is 30.0 Å². The fourth-order valence-electron chi connectivity index (χ4n) is 2.13. The molecule has 2 heterocycles. The predicted molar refractivity (Wildman–Crippen MR) is 77.0 cm³/mol. The summed E-state index contributed by atoms with van der Waals surface area (Å²) >= 11 is 3.41. The molecule has 0 aliphatic carbocycles. The minimum Gasteiger partial charge on any atom is -0.444 e. The van der Waals surface area contributed by atoms with E-state index in [0.29, 0.717) is 13.1 Å². The Morgan fingerprint density at radius 2 is 2.20 bits per heavy atom. The number of nitriles is 1. The molecule has 0 atom stereocenters. The summed E-state index contributed by atoms with van der Waals surface area (Å²) in [5, 5.41) is 9.48. The van der Waals surface area contributed by atoms with Crippen molar-refractivity contribution in [3.63, 3.8) is 0 Å². The smallest absolute Gasteiger partial charge is 0.410 e. The van der Waals surface area contributed by atoms with E-state index in [-0.39, 0.29) is 6.09 Å². The molecule has 0 saturated carbocycles. The van der Waals surface area contributed by atoms with E-state index in [4.69, 9.17) is 4.74 Å². The zero-order chi connectivity index (χ0) is 15.0. The van der Waals surface area contributed by atoms with E-state index in [0.717, 1.165) is 10.0 Å². The Labute approximate surface area is 126 Å². The van der Waals surface area contributed by atoms with Crippen molar-refractivity contribution in [3.8, 4) is 6.07 Å². The molecule has 1 aliphatic rings. The highest BCUT2D eigenvalue weighted by Crippen LogP contribution is 2.38. The van der Waals surface area contributed by atoms with Gasteiger partial charge in [-0.15, -0.1) is 0 Å². The van der Waals surface area contributed by atoms with Gasteiger partial charge in [-0.2, -0.15) is 5.26 Å². The zero-order valence-electron chi connectivity index (χ0n) is 11.7. The van der Waals surface area contributed by atoms with E-state index in [1.54, 1.807) is 23.4 Å². The number of carbonyl (C=O) groups is 1. The Bertz CT molecular complexity index is 569. The van der Waals surface area contributed by atoms with Gasteiger partial charge in [-0.3, -0.25) is 4.98 Å². The molecule has 106 valence electrons. The van der Waals surface area contributed by atoms with Gasteiger partial charge in [-0.25, -0.2) is 4.79 Å². The van der Waals surface area contributed by atoms with Crippen molar-refractivity contribution >= 4 is 22.0 Å². The van der Waals surface area contributed by atoms with Crippen molar-refractivity contribution in [2.75, 3.05) is 13.1 Å². The molecule has 1 amide bonds. The lowest BCUT2D eigenvalue weighted by Gasteiger charge is -2.46. The molecule has 1 aliphatic heterocycles. The van der Waals surface area contributed by atoms with Crippen molar-refractivity contribution in [1.29, 1.82) is 5.26 Å². The number of hydrogen-bond acceptors (Lipinski definition) is 4. The fraction of sp³-hybridized carbons (Fsp3) is 0.500. The molecule has 0 N–H and O–H groups in total. The van der Waals surface area contributed by atoms with E-state index in [1.165, 1.54) is 0 Å². The van der Waals surface area contributed by atoms with Crippen LogP contribution in [0, 0.1) is 11.3 Å². The molecule has 6 heteroatoms.